The molecule has 17 heavy (non-hydrogen) atoms. The molecular weight excluding hydrogens is 210 g/mol. The van der Waals surface area contributed by atoms with E-state index in [1.165, 1.54) is 11.1 Å². The summed E-state index contributed by atoms with van der Waals surface area (Å²) in [7, 11) is 0. The molecule has 0 aliphatic heterocycles. The van der Waals surface area contributed by atoms with Gasteiger partial charge in [-0.15, -0.1) is 0 Å². The number of nitrogens with one attached hydrogen (secondary N) is 1. The third kappa shape index (κ3) is 2.94. The van der Waals surface area contributed by atoms with Crippen LogP contribution in [0.2, 0.25) is 0 Å². The number of hydrogen-bond acceptors (Lipinski definition) is 2. The van der Waals surface area contributed by atoms with Crippen molar-refractivity contribution >= 4 is 0 Å². The Hall–Kier alpha value is -1.61. The molecule has 1 unspecified atom stereocenters. The second kappa shape index (κ2) is 5.64. The molecule has 0 spiro atoms. The van der Waals surface area contributed by atoms with Crippen molar-refractivity contribution in [3.8, 4) is 11.1 Å². The van der Waals surface area contributed by atoms with Gasteiger partial charge in [-0.3, -0.25) is 5.10 Å². The summed E-state index contributed by atoms with van der Waals surface area (Å²) >= 11 is 0. The van der Waals surface area contributed by atoms with Gasteiger partial charge in [0, 0.05) is 11.8 Å². The van der Waals surface area contributed by atoms with Crippen LogP contribution in [0.3, 0.4) is 0 Å². The maximum absolute atomic E-state index is 5.75. The lowest BCUT2D eigenvalue weighted by atomic mass is 9.95. The van der Waals surface area contributed by atoms with Crippen molar-refractivity contribution in [1.82, 2.24) is 10.2 Å². The highest BCUT2D eigenvalue weighted by Gasteiger charge is 2.06. The van der Waals surface area contributed by atoms with Gasteiger partial charge in [-0.2, -0.15) is 5.10 Å². The van der Waals surface area contributed by atoms with Crippen LogP contribution in [0.25, 0.3) is 11.1 Å². The molecule has 0 bridgehead atoms. The smallest absolute Gasteiger partial charge is 0.0565 e. The first kappa shape index (κ1) is 11.9. The standard InChI is InChI=1S/C14H19N3/c1-2-11(8-15)6-12-4-3-5-13(7-12)14-9-16-17-10-14/h3-5,7,9-11H,2,6,8,15H2,1H3,(H,16,17). The van der Waals surface area contributed by atoms with Crippen molar-refractivity contribution < 1.29 is 0 Å². The number of H-pyrrole nitrogens is 1. The SMILES string of the molecule is CCC(CN)Cc1cccc(-c2cn[nH]c2)c1. The molecule has 1 heterocycles. The van der Waals surface area contributed by atoms with E-state index >= 15 is 0 Å². The summed E-state index contributed by atoms with van der Waals surface area (Å²) in [5.74, 6) is 0.578. The van der Waals surface area contributed by atoms with Crippen LogP contribution in [-0.4, -0.2) is 16.7 Å². The second-order valence-corrected chi connectivity index (χ2v) is 4.40. The second-order valence-electron chi connectivity index (χ2n) is 4.40. The third-order valence-corrected chi connectivity index (χ3v) is 3.19. The van der Waals surface area contributed by atoms with Gasteiger partial charge >= 0.3 is 0 Å². The molecule has 1 aromatic heterocycles. The first-order valence-electron chi connectivity index (χ1n) is 6.11. The zero-order valence-corrected chi connectivity index (χ0v) is 10.2. The van der Waals surface area contributed by atoms with Gasteiger partial charge in [0.05, 0.1) is 6.20 Å². The molecule has 2 aromatic rings. The number of aromatic nitrogens is 2. The summed E-state index contributed by atoms with van der Waals surface area (Å²) in [5.41, 5.74) is 9.44. The van der Waals surface area contributed by atoms with Crippen LogP contribution in [0.1, 0.15) is 18.9 Å². The molecule has 0 aliphatic carbocycles. The lowest BCUT2D eigenvalue weighted by molar-refractivity contribution is 0.519. The summed E-state index contributed by atoms with van der Waals surface area (Å²) in [4.78, 5) is 0. The summed E-state index contributed by atoms with van der Waals surface area (Å²) in [6.45, 7) is 2.95. The predicted octanol–water partition coefficient (Wildman–Crippen LogP) is 2.60. The van der Waals surface area contributed by atoms with Gasteiger partial charge in [-0.25, -0.2) is 0 Å². The Morgan fingerprint density at radius 1 is 1.35 bits per heavy atom. The minimum atomic E-state index is 0.578. The fourth-order valence-corrected chi connectivity index (χ4v) is 2.01. The maximum Gasteiger partial charge on any atom is 0.0565 e. The van der Waals surface area contributed by atoms with E-state index in [1.807, 2.05) is 12.4 Å². The zero-order valence-electron chi connectivity index (χ0n) is 10.2. The van der Waals surface area contributed by atoms with Crippen molar-refractivity contribution in [2.75, 3.05) is 6.54 Å². The first-order valence-corrected chi connectivity index (χ1v) is 6.11. The highest BCUT2D eigenvalue weighted by molar-refractivity contribution is 5.62. The monoisotopic (exact) mass is 229 g/mol. The fraction of sp³-hybridized carbons (Fsp3) is 0.357. The molecule has 1 atom stereocenters. The zero-order chi connectivity index (χ0) is 12.1. The van der Waals surface area contributed by atoms with Crippen LogP contribution in [0, 0.1) is 5.92 Å². The molecule has 90 valence electrons. The van der Waals surface area contributed by atoms with E-state index in [9.17, 15) is 0 Å². The molecule has 1 aromatic carbocycles. The molecule has 0 saturated carbocycles. The van der Waals surface area contributed by atoms with E-state index in [0.717, 1.165) is 24.9 Å². The first-order chi connectivity index (χ1) is 8.33. The number of benzene rings is 1. The summed E-state index contributed by atoms with van der Waals surface area (Å²) in [5, 5.41) is 6.82. The number of nitrogens with two attached hydrogens (primary N) is 1. The number of hydrogen-bond donors (Lipinski definition) is 2. The van der Waals surface area contributed by atoms with Crippen molar-refractivity contribution in [3.05, 3.63) is 42.2 Å². The predicted molar refractivity (Wildman–Crippen MR) is 70.6 cm³/mol. The van der Waals surface area contributed by atoms with Gasteiger partial charge < -0.3 is 5.73 Å². The fourth-order valence-electron chi connectivity index (χ4n) is 2.01. The quantitative estimate of drug-likeness (QED) is 0.828. The molecular formula is C14H19N3. The van der Waals surface area contributed by atoms with Crippen molar-refractivity contribution in [1.29, 1.82) is 0 Å². The van der Waals surface area contributed by atoms with Crippen LogP contribution in [-0.2, 0) is 6.42 Å². The Kier molecular flexibility index (Phi) is 3.94. The molecule has 0 radical (unpaired) electrons. The molecule has 0 amide bonds. The van der Waals surface area contributed by atoms with Crippen LogP contribution >= 0.6 is 0 Å². The lowest BCUT2D eigenvalue weighted by Crippen LogP contribution is -2.15. The Bertz CT molecular complexity index is 444. The highest BCUT2D eigenvalue weighted by Crippen LogP contribution is 2.20. The van der Waals surface area contributed by atoms with Gasteiger partial charge in [0.25, 0.3) is 0 Å². The molecule has 0 fully saturated rings. The van der Waals surface area contributed by atoms with E-state index in [4.69, 9.17) is 5.73 Å². The van der Waals surface area contributed by atoms with Crippen LogP contribution in [0.5, 0.6) is 0 Å². The van der Waals surface area contributed by atoms with Crippen LogP contribution in [0.15, 0.2) is 36.7 Å². The molecule has 0 saturated heterocycles. The van der Waals surface area contributed by atoms with Gasteiger partial charge in [0.1, 0.15) is 0 Å². The van der Waals surface area contributed by atoms with Crippen LogP contribution < -0.4 is 5.73 Å². The Morgan fingerprint density at radius 2 is 2.24 bits per heavy atom. The third-order valence-electron chi connectivity index (χ3n) is 3.19. The topological polar surface area (TPSA) is 54.7 Å². The van der Waals surface area contributed by atoms with Gasteiger partial charge in [-0.1, -0.05) is 37.6 Å². The average molecular weight is 229 g/mol. The maximum atomic E-state index is 5.75. The summed E-state index contributed by atoms with van der Waals surface area (Å²) in [6, 6.07) is 8.60. The highest BCUT2D eigenvalue weighted by atomic mass is 15.1. The van der Waals surface area contributed by atoms with Gasteiger partial charge in [0.2, 0.25) is 0 Å². The molecule has 3 N–H and O–H groups in total. The minimum Gasteiger partial charge on any atom is -0.330 e. The number of aromatic amines is 1. The Morgan fingerprint density at radius 3 is 2.88 bits per heavy atom. The van der Waals surface area contributed by atoms with E-state index in [0.29, 0.717) is 5.92 Å². The van der Waals surface area contributed by atoms with Crippen LogP contribution in [0.4, 0.5) is 0 Å². The normalized spacial score (nSPS) is 12.6. The van der Waals surface area contributed by atoms with Crippen molar-refractivity contribution in [2.24, 2.45) is 11.7 Å². The molecule has 3 nitrogen and oxygen atoms in total. The minimum absolute atomic E-state index is 0.578. The number of nitrogens with zero attached hydrogens (tertiary/aromatic N) is 1. The largest absolute Gasteiger partial charge is 0.330 e. The van der Waals surface area contributed by atoms with E-state index in [-0.39, 0.29) is 0 Å². The summed E-state index contributed by atoms with van der Waals surface area (Å²) < 4.78 is 0. The van der Waals surface area contributed by atoms with Crippen molar-refractivity contribution in [3.63, 3.8) is 0 Å². The van der Waals surface area contributed by atoms with Gasteiger partial charge in [-0.05, 0) is 30.0 Å². The molecule has 2 rings (SSSR count). The van der Waals surface area contributed by atoms with Gasteiger partial charge in [0.15, 0.2) is 0 Å². The van der Waals surface area contributed by atoms with E-state index in [2.05, 4.69) is 41.4 Å². The lowest BCUT2D eigenvalue weighted by Gasteiger charge is -2.12. The number of rotatable bonds is 5. The van der Waals surface area contributed by atoms with E-state index < -0.39 is 0 Å². The average Bonchev–Trinajstić information content (AvgIpc) is 2.90. The summed E-state index contributed by atoms with van der Waals surface area (Å²) in [6.07, 6.45) is 5.95. The van der Waals surface area contributed by atoms with E-state index in [1.54, 1.807) is 0 Å². The molecule has 3 heteroatoms. The van der Waals surface area contributed by atoms with Crippen molar-refractivity contribution in [2.45, 2.75) is 19.8 Å². The Balaban J connectivity index is 2.17. The molecule has 0 aliphatic rings. The Labute approximate surface area is 102 Å².